The number of hydrogen-bond acceptors (Lipinski definition) is 5. The minimum Gasteiger partial charge on any atom is -0.496 e. The largest absolute Gasteiger partial charge is 0.496 e. The Hall–Kier alpha value is -2.06. The summed E-state index contributed by atoms with van der Waals surface area (Å²) in [5.41, 5.74) is 1.22. The number of benzene rings is 1. The van der Waals surface area contributed by atoms with Gasteiger partial charge in [0.1, 0.15) is 5.75 Å². The average Bonchev–Trinajstić information content (AvgIpc) is 3.08. The van der Waals surface area contributed by atoms with Gasteiger partial charge in [-0.25, -0.2) is 13.5 Å². The molecule has 24 heavy (non-hydrogen) atoms. The maximum atomic E-state index is 14.2. The normalized spacial score (nSPS) is 23.6. The topological polar surface area (TPSA) is 52.4 Å². The first kappa shape index (κ1) is 15.5. The molecule has 2 atom stereocenters. The zero-order valence-electron chi connectivity index (χ0n) is 13.3. The van der Waals surface area contributed by atoms with E-state index in [4.69, 9.17) is 9.47 Å². The number of likely N-dealkylation sites (tertiary alicyclic amines) is 1. The molecular weight excluding hydrogens is 318 g/mol. The molecule has 128 valence electrons. The Bertz CT molecular complexity index is 752. The van der Waals surface area contributed by atoms with Crippen LogP contribution in [-0.2, 0) is 17.9 Å². The maximum absolute atomic E-state index is 14.2. The molecule has 1 aromatic heterocycles. The van der Waals surface area contributed by atoms with Crippen molar-refractivity contribution in [2.24, 2.45) is 0 Å². The van der Waals surface area contributed by atoms with Gasteiger partial charge < -0.3 is 9.47 Å². The fourth-order valence-corrected chi connectivity index (χ4v) is 3.53. The van der Waals surface area contributed by atoms with Gasteiger partial charge in [0.2, 0.25) is 0 Å². The van der Waals surface area contributed by atoms with Crippen LogP contribution >= 0.6 is 0 Å². The van der Waals surface area contributed by atoms with Gasteiger partial charge in [0.15, 0.2) is 11.6 Å². The molecule has 2 aliphatic heterocycles. The van der Waals surface area contributed by atoms with Crippen molar-refractivity contribution in [2.45, 2.75) is 31.7 Å². The lowest BCUT2D eigenvalue weighted by Crippen LogP contribution is -2.48. The molecule has 1 fully saturated rings. The third-order valence-electron chi connectivity index (χ3n) is 4.77. The molecule has 0 radical (unpaired) electrons. The van der Waals surface area contributed by atoms with Crippen LogP contribution in [0.25, 0.3) is 0 Å². The van der Waals surface area contributed by atoms with Crippen molar-refractivity contribution in [3.63, 3.8) is 0 Å². The molecule has 0 spiro atoms. The molecule has 1 saturated heterocycles. The second-order valence-corrected chi connectivity index (χ2v) is 6.15. The molecule has 0 amide bonds. The Balaban J connectivity index is 1.52. The lowest BCUT2D eigenvalue weighted by Gasteiger charge is -2.41. The molecule has 3 heterocycles. The molecule has 6 nitrogen and oxygen atoms in total. The summed E-state index contributed by atoms with van der Waals surface area (Å²) in [4.78, 5) is 2.06. The van der Waals surface area contributed by atoms with Crippen molar-refractivity contribution in [2.75, 3.05) is 20.2 Å². The molecule has 2 aliphatic rings. The summed E-state index contributed by atoms with van der Waals surface area (Å²) in [5.74, 6) is -1.35. The van der Waals surface area contributed by atoms with Gasteiger partial charge in [-0.05, 0) is 18.6 Å². The fraction of sp³-hybridized carbons (Fsp3) is 0.500. The van der Waals surface area contributed by atoms with E-state index in [0.717, 1.165) is 24.7 Å². The van der Waals surface area contributed by atoms with Crippen LogP contribution in [0.2, 0.25) is 0 Å². The highest BCUT2D eigenvalue weighted by Gasteiger charge is 2.36. The summed E-state index contributed by atoms with van der Waals surface area (Å²) >= 11 is 0. The van der Waals surface area contributed by atoms with E-state index < -0.39 is 11.6 Å². The first-order valence-corrected chi connectivity index (χ1v) is 7.91. The molecule has 0 saturated carbocycles. The highest BCUT2D eigenvalue weighted by atomic mass is 19.2. The molecule has 1 aromatic carbocycles. The van der Waals surface area contributed by atoms with Crippen molar-refractivity contribution in [3.05, 3.63) is 41.2 Å². The Morgan fingerprint density at radius 2 is 2.25 bits per heavy atom. The van der Waals surface area contributed by atoms with Crippen LogP contribution in [0.15, 0.2) is 18.3 Å². The second-order valence-electron chi connectivity index (χ2n) is 6.15. The van der Waals surface area contributed by atoms with Crippen LogP contribution < -0.4 is 4.74 Å². The number of fused-ring (bicyclic) bond motifs is 3. The minimum atomic E-state index is -0.859. The highest BCUT2D eigenvalue weighted by Crippen LogP contribution is 2.32. The van der Waals surface area contributed by atoms with Crippen molar-refractivity contribution in [1.82, 2.24) is 19.9 Å². The van der Waals surface area contributed by atoms with E-state index in [9.17, 15) is 8.78 Å². The van der Waals surface area contributed by atoms with Gasteiger partial charge >= 0.3 is 0 Å². The lowest BCUT2D eigenvalue weighted by molar-refractivity contribution is -0.0706. The Kier molecular flexibility index (Phi) is 3.93. The molecular formula is C16H18F2N4O2. The van der Waals surface area contributed by atoms with E-state index in [0.29, 0.717) is 18.9 Å². The molecule has 0 N–H and O–H groups in total. The highest BCUT2D eigenvalue weighted by molar-refractivity contribution is 5.35. The predicted octanol–water partition coefficient (Wildman–Crippen LogP) is 1.91. The number of rotatable bonds is 3. The van der Waals surface area contributed by atoms with Gasteiger partial charge in [0, 0.05) is 25.2 Å². The summed E-state index contributed by atoms with van der Waals surface area (Å²) < 4.78 is 40.7. The van der Waals surface area contributed by atoms with Gasteiger partial charge in [-0.1, -0.05) is 5.21 Å². The zero-order valence-corrected chi connectivity index (χ0v) is 13.3. The maximum Gasteiger partial charge on any atom is 0.167 e. The van der Waals surface area contributed by atoms with Crippen molar-refractivity contribution in [1.29, 1.82) is 0 Å². The summed E-state index contributed by atoms with van der Waals surface area (Å²) in [7, 11) is 1.46. The molecule has 0 bridgehead atoms. The van der Waals surface area contributed by atoms with Crippen LogP contribution in [0.1, 0.15) is 23.7 Å². The third kappa shape index (κ3) is 2.55. The van der Waals surface area contributed by atoms with E-state index in [2.05, 4.69) is 15.2 Å². The smallest absolute Gasteiger partial charge is 0.167 e. The Labute approximate surface area is 138 Å². The van der Waals surface area contributed by atoms with E-state index >= 15 is 0 Å². The van der Waals surface area contributed by atoms with Crippen molar-refractivity contribution in [3.8, 4) is 5.75 Å². The quantitative estimate of drug-likeness (QED) is 0.857. The van der Waals surface area contributed by atoms with Gasteiger partial charge in [0.25, 0.3) is 0 Å². The minimum absolute atomic E-state index is 0.0319. The molecule has 2 aromatic rings. The van der Waals surface area contributed by atoms with Crippen molar-refractivity contribution >= 4 is 0 Å². The number of nitrogens with zero attached hydrogens (tertiary/aromatic N) is 4. The summed E-state index contributed by atoms with van der Waals surface area (Å²) in [5, 5.41) is 8.08. The lowest BCUT2D eigenvalue weighted by atomic mass is 9.99. The Morgan fingerprint density at radius 1 is 1.38 bits per heavy atom. The van der Waals surface area contributed by atoms with E-state index in [-0.39, 0.29) is 24.3 Å². The monoisotopic (exact) mass is 336 g/mol. The van der Waals surface area contributed by atoms with Gasteiger partial charge in [-0.3, -0.25) is 4.90 Å². The number of piperidine rings is 1. The third-order valence-corrected chi connectivity index (χ3v) is 4.77. The van der Waals surface area contributed by atoms with Crippen LogP contribution in [0.4, 0.5) is 8.78 Å². The molecule has 8 heteroatoms. The summed E-state index contributed by atoms with van der Waals surface area (Å²) in [6.45, 7) is 2.12. The summed E-state index contributed by atoms with van der Waals surface area (Å²) in [6.07, 6.45) is 2.51. The first-order valence-electron chi connectivity index (χ1n) is 7.91. The molecule has 0 aliphatic carbocycles. The summed E-state index contributed by atoms with van der Waals surface area (Å²) in [6, 6.07) is 2.69. The van der Waals surface area contributed by atoms with Gasteiger partial charge in [0.05, 0.1) is 37.8 Å². The SMILES string of the molecule is COc1ccc(F)c(F)c1CN1CC[C@@H]2[C@@H](C1)OCc1cnnn12. The van der Waals surface area contributed by atoms with Crippen LogP contribution in [0.5, 0.6) is 5.75 Å². The van der Waals surface area contributed by atoms with E-state index in [1.807, 2.05) is 4.68 Å². The van der Waals surface area contributed by atoms with Gasteiger partial charge in [-0.2, -0.15) is 0 Å². The van der Waals surface area contributed by atoms with E-state index in [1.165, 1.54) is 13.2 Å². The van der Waals surface area contributed by atoms with Gasteiger partial charge in [-0.15, -0.1) is 5.10 Å². The molecule has 4 rings (SSSR count). The standard InChI is InChI=1S/C16H18F2N4O2/c1-23-14-3-2-12(17)16(18)11(14)7-21-5-4-13-15(8-21)24-9-10-6-19-20-22(10)13/h2-3,6,13,15H,4-5,7-9H2,1H3/t13-,15-/m1/s1. The van der Waals surface area contributed by atoms with Crippen LogP contribution in [-0.4, -0.2) is 46.2 Å². The predicted molar refractivity (Wildman–Crippen MR) is 80.4 cm³/mol. The zero-order chi connectivity index (χ0) is 16.7. The van der Waals surface area contributed by atoms with Crippen LogP contribution in [0, 0.1) is 11.6 Å². The van der Waals surface area contributed by atoms with E-state index in [1.54, 1.807) is 6.20 Å². The number of aromatic nitrogens is 3. The first-order chi connectivity index (χ1) is 11.7. The molecule has 0 unspecified atom stereocenters. The van der Waals surface area contributed by atoms with Crippen LogP contribution in [0.3, 0.4) is 0 Å². The number of hydrogen-bond donors (Lipinski definition) is 0. The fourth-order valence-electron chi connectivity index (χ4n) is 3.53. The second kappa shape index (κ2) is 6.10. The number of methoxy groups -OCH3 is 1. The Morgan fingerprint density at radius 3 is 3.08 bits per heavy atom. The van der Waals surface area contributed by atoms with Crippen molar-refractivity contribution < 1.29 is 18.3 Å². The average molecular weight is 336 g/mol. The number of halogens is 2. The number of ether oxygens (including phenoxy) is 2.